The molecule has 4 aliphatic rings. The average molecular weight is 565 g/mol. The van der Waals surface area contributed by atoms with E-state index in [9.17, 15) is 9.59 Å². The van der Waals surface area contributed by atoms with E-state index in [0.29, 0.717) is 53.7 Å². The predicted molar refractivity (Wildman–Crippen MR) is 152 cm³/mol. The topological polar surface area (TPSA) is 55.8 Å². The average Bonchev–Trinajstić information content (AvgIpc) is 2.88. The molecule has 38 heavy (non-hydrogen) atoms. The molecule has 7 atom stereocenters. The van der Waals surface area contributed by atoms with Gasteiger partial charge in [0.15, 0.2) is 0 Å². The summed E-state index contributed by atoms with van der Waals surface area (Å²) < 4.78 is 12.0. The maximum atomic E-state index is 12.9. The molecule has 3 saturated carbocycles. The van der Waals surface area contributed by atoms with Crippen LogP contribution in [0.2, 0.25) is 0 Å². The van der Waals surface area contributed by atoms with Crippen molar-refractivity contribution in [1.29, 1.82) is 0 Å². The zero-order chi connectivity index (χ0) is 26.9. The van der Waals surface area contributed by atoms with E-state index >= 15 is 0 Å². The van der Waals surface area contributed by atoms with Crippen molar-refractivity contribution in [2.75, 3.05) is 29.7 Å². The van der Waals surface area contributed by atoms with Crippen LogP contribution in [-0.2, 0) is 25.5 Å². The highest BCUT2D eigenvalue weighted by molar-refractivity contribution is 6.18. The summed E-state index contributed by atoms with van der Waals surface area (Å²) in [6, 6.07) is 8.08. The van der Waals surface area contributed by atoms with Gasteiger partial charge in [0, 0.05) is 42.9 Å². The van der Waals surface area contributed by atoms with E-state index < -0.39 is 0 Å². The van der Waals surface area contributed by atoms with Crippen LogP contribution < -0.4 is 4.90 Å². The second-order valence-electron chi connectivity index (χ2n) is 12.6. The van der Waals surface area contributed by atoms with Crippen LogP contribution >= 0.6 is 23.2 Å². The van der Waals surface area contributed by atoms with Gasteiger partial charge in [-0.25, -0.2) is 0 Å². The molecular formula is C31H43Cl2NO4. The molecule has 0 unspecified atom stereocenters. The number of rotatable bonds is 8. The summed E-state index contributed by atoms with van der Waals surface area (Å²) in [4.78, 5) is 27.1. The van der Waals surface area contributed by atoms with Crippen LogP contribution in [0.15, 0.2) is 24.3 Å². The van der Waals surface area contributed by atoms with Gasteiger partial charge in [0.25, 0.3) is 0 Å². The van der Waals surface area contributed by atoms with Gasteiger partial charge in [-0.15, -0.1) is 23.2 Å². The summed E-state index contributed by atoms with van der Waals surface area (Å²) in [5, 5.41) is 0. The lowest BCUT2D eigenvalue weighted by molar-refractivity contribution is -0.205. The Bertz CT molecular complexity index is 996. The first-order valence-corrected chi connectivity index (χ1v) is 15.7. The Morgan fingerprint density at radius 1 is 1.00 bits per heavy atom. The number of esters is 2. The fourth-order valence-electron chi connectivity index (χ4n) is 8.64. The molecule has 210 valence electrons. The molecule has 0 amide bonds. The maximum absolute atomic E-state index is 12.9. The Kier molecular flexibility index (Phi) is 8.55. The molecule has 5 nitrogen and oxygen atoms in total. The van der Waals surface area contributed by atoms with Crippen LogP contribution in [0.1, 0.15) is 77.2 Å². The second-order valence-corrected chi connectivity index (χ2v) is 13.4. The van der Waals surface area contributed by atoms with Gasteiger partial charge in [0.1, 0.15) is 11.7 Å². The SMILES string of the molecule is C[C@]12CC[C@H](OC(=O)Cc3ccc(N(CCCl)CCCl)cc3)C[C@@H]1CC[C@@H]1[C@@H]2CC[C@]2(C)OC(=O)CC[C@@H]12. The third kappa shape index (κ3) is 5.57. The molecule has 1 aromatic rings. The van der Waals surface area contributed by atoms with Crippen molar-refractivity contribution in [3.05, 3.63) is 29.8 Å². The maximum Gasteiger partial charge on any atom is 0.310 e. The van der Waals surface area contributed by atoms with Gasteiger partial charge in [0.2, 0.25) is 0 Å². The largest absolute Gasteiger partial charge is 0.462 e. The highest BCUT2D eigenvalue weighted by atomic mass is 35.5. The fraction of sp³-hybridized carbons (Fsp3) is 0.742. The van der Waals surface area contributed by atoms with E-state index in [0.717, 1.165) is 62.9 Å². The summed E-state index contributed by atoms with van der Waals surface area (Å²) in [5.74, 6) is 3.37. The zero-order valence-electron chi connectivity index (χ0n) is 22.9. The van der Waals surface area contributed by atoms with Crippen molar-refractivity contribution in [1.82, 2.24) is 0 Å². The molecule has 7 heteroatoms. The van der Waals surface area contributed by atoms with E-state index in [4.69, 9.17) is 32.7 Å². The lowest BCUT2D eigenvalue weighted by Crippen LogP contribution is -2.58. The van der Waals surface area contributed by atoms with Crippen LogP contribution in [-0.4, -0.2) is 48.5 Å². The number of carbonyl (C=O) groups excluding carboxylic acids is 2. The summed E-state index contributed by atoms with van der Waals surface area (Å²) in [6.07, 6.45) is 9.44. The molecule has 3 aliphatic carbocycles. The second kappa shape index (κ2) is 11.6. The Balaban J connectivity index is 1.16. The van der Waals surface area contributed by atoms with Gasteiger partial charge in [-0.3, -0.25) is 9.59 Å². The molecular weight excluding hydrogens is 521 g/mol. The molecule has 1 aromatic carbocycles. The lowest BCUT2D eigenvalue weighted by atomic mass is 9.46. The standard InChI is InChI=1S/C31H43Cl2NO4/c1-30-13-11-24(37-29(36)19-21-3-6-23(7-4-21)34(17-15-32)18-16-33)20-22(30)5-8-25-26(30)12-14-31(2)27(25)9-10-28(35)38-31/h3-4,6-7,22,24-27H,5,8-20H2,1-2H3/t22-,24-,25+,26-,27-,30-,31-/m0/s1. The zero-order valence-corrected chi connectivity index (χ0v) is 24.4. The minimum atomic E-state index is -0.267. The van der Waals surface area contributed by atoms with Crippen molar-refractivity contribution >= 4 is 40.8 Å². The Labute approximate surface area is 237 Å². The number of anilines is 1. The minimum Gasteiger partial charge on any atom is -0.462 e. The molecule has 0 radical (unpaired) electrons. The lowest BCUT2D eigenvalue weighted by Gasteiger charge is -2.61. The van der Waals surface area contributed by atoms with Gasteiger partial charge in [-0.2, -0.15) is 0 Å². The van der Waals surface area contributed by atoms with Crippen LogP contribution in [0, 0.1) is 29.1 Å². The van der Waals surface area contributed by atoms with E-state index in [2.05, 4.69) is 18.7 Å². The van der Waals surface area contributed by atoms with E-state index in [-0.39, 0.29) is 23.6 Å². The smallest absolute Gasteiger partial charge is 0.310 e. The third-order valence-corrected chi connectivity index (χ3v) is 11.0. The molecule has 1 saturated heterocycles. The molecule has 4 fully saturated rings. The first-order chi connectivity index (χ1) is 18.3. The first-order valence-electron chi connectivity index (χ1n) is 14.6. The number of ether oxygens (including phenoxy) is 2. The first kappa shape index (κ1) is 28.1. The highest BCUT2D eigenvalue weighted by Crippen LogP contribution is 2.63. The van der Waals surface area contributed by atoms with Crippen molar-refractivity contribution in [2.45, 2.75) is 89.8 Å². The number of nitrogens with zero attached hydrogens (tertiary/aromatic N) is 1. The summed E-state index contributed by atoms with van der Waals surface area (Å²) in [7, 11) is 0. The monoisotopic (exact) mass is 563 g/mol. The number of alkyl halides is 2. The quantitative estimate of drug-likeness (QED) is 0.258. The molecule has 1 aliphatic heterocycles. The summed E-state index contributed by atoms with van der Waals surface area (Å²) in [6.45, 7) is 6.17. The van der Waals surface area contributed by atoms with Gasteiger partial charge in [-0.1, -0.05) is 19.1 Å². The van der Waals surface area contributed by atoms with Gasteiger partial charge in [-0.05, 0) is 99.2 Å². The third-order valence-electron chi connectivity index (χ3n) is 10.6. The van der Waals surface area contributed by atoms with E-state index in [1.165, 1.54) is 12.8 Å². The van der Waals surface area contributed by atoms with E-state index in [1.54, 1.807) is 0 Å². The molecule has 0 bridgehead atoms. The van der Waals surface area contributed by atoms with Crippen molar-refractivity contribution in [3.63, 3.8) is 0 Å². The predicted octanol–water partition coefficient (Wildman–Crippen LogP) is 6.76. The Morgan fingerprint density at radius 2 is 1.74 bits per heavy atom. The Morgan fingerprint density at radius 3 is 2.45 bits per heavy atom. The normalized spacial score (nSPS) is 36.3. The minimum absolute atomic E-state index is 0.0139. The number of hydrogen-bond acceptors (Lipinski definition) is 5. The molecule has 5 rings (SSSR count). The number of benzene rings is 1. The van der Waals surface area contributed by atoms with Gasteiger partial charge >= 0.3 is 11.9 Å². The highest BCUT2D eigenvalue weighted by Gasteiger charge is 2.59. The van der Waals surface area contributed by atoms with Gasteiger partial charge < -0.3 is 14.4 Å². The number of fused-ring (bicyclic) bond motifs is 5. The number of carbonyl (C=O) groups is 2. The van der Waals surface area contributed by atoms with Gasteiger partial charge in [0.05, 0.1) is 6.42 Å². The van der Waals surface area contributed by atoms with Crippen LogP contribution in [0.4, 0.5) is 5.69 Å². The van der Waals surface area contributed by atoms with Crippen LogP contribution in [0.25, 0.3) is 0 Å². The molecule has 0 aromatic heterocycles. The fourth-order valence-corrected chi connectivity index (χ4v) is 9.04. The molecule has 0 spiro atoms. The van der Waals surface area contributed by atoms with Crippen molar-refractivity contribution < 1.29 is 19.1 Å². The van der Waals surface area contributed by atoms with Crippen molar-refractivity contribution in [2.24, 2.45) is 29.1 Å². The van der Waals surface area contributed by atoms with Crippen LogP contribution in [0.5, 0.6) is 0 Å². The summed E-state index contributed by atoms with van der Waals surface area (Å²) >= 11 is 11.9. The number of halogens is 2. The Hall–Kier alpha value is -1.46. The molecule has 0 N–H and O–H groups in total. The van der Waals surface area contributed by atoms with E-state index in [1.807, 2.05) is 24.3 Å². The molecule has 1 heterocycles. The number of hydrogen-bond donors (Lipinski definition) is 0. The summed E-state index contributed by atoms with van der Waals surface area (Å²) in [5.41, 5.74) is 2.06. The van der Waals surface area contributed by atoms with Crippen molar-refractivity contribution in [3.8, 4) is 0 Å². The van der Waals surface area contributed by atoms with Crippen LogP contribution in [0.3, 0.4) is 0 Å².